The number of alkyl halides is 2. The van der Waals surface area contributed by atoms with Gasteiger partial charge in [0.05, 0.1) is 18.0 Å². The molecule has 0 saturated carbocycles. The van der Waals surface area contributed by atoms with E-state index in [1.54, 1.807) is 19.1 Å². The minimum absolute atomic E-state index is 0.0505. The minimum atomic E-state index is -2.94. The Kier molecular flexibility index (Phi) is 6.87. The van der Waals surface area contributed by atoms with E-state index in [1.165, 1.54) is 18.2 Å². The lowest BCUT2D eigenvalue weighted by atomic mass is 10.1. The lowest BCUT2D eigenvalue weighted by molar-refractivity contribution is -0.111. The number of rotatable bonds is 7. The molecular weight excluding hydrogens is 354 g/mol. The van der Waals surface area contributed by atoms with E-state index >= 15 is 0 Å². The first-order chi connectivity index (χ1) is 12.8. The van der Waals surface area contributed by atoms with Gasteiger partial charge in [-0.3, -0.25) is 9.78 Å². The zero-order chi connectivity index (χ0) is 20.0. The number of benzene rings is 1. The van der Waals surface area contributed by atoms with Gasteiger partial charge in [0, 0.05) is 11.8 Å². The number of nitrogens with one attached hydrogen (secondary N) is 1. The van der Waals surface area contributed by atoms with Crippen molar-refractivity contribution in [2.45, 2.75) is 34.3 Å². The molecule has 0 unspecified atom stereocenters. The third-order valence-corrected chi connectivity index (χ3v) is 3.68. The Morgan fingerprint density at radius 2 is 1.96 bits per heavy atom. The average Bonchev–Trinajstić information content (AvgIpc) is 2.58. The first-order valence-electron chi connectivity index (χ1n) is 8.45. The highest BCUT2D eigenvalue weighted by Crippen LogP contribution is 2.30. The second-order valence-corrected chi connectivity index (χ2v) is 5.88. The summed E-state index contributed by atoms with van der Waals surface area (Å²) in [5.74, 6) is -0.182. The molecule has 144 valence electrons. The number of hydrogen-bond acceptors (Lipinski definition) is 4. The van der Waals surface area contributed by atoms with Gasteiger partial charge in [-0.25, -0.2) is 0 Å². The van der Waals surface area contributed by atoms with Gasteiger partial charge in [0.15, 0.2) is 11.5 Å². The van der Waals surface area contributed by atoms with Crippen LogP contribution < -0.4 is 14.8 Å². The monoisotopic (exact) mass is 376 g/mol. The quantitative estimate of drug-likeness (QED) is 0.714. The molecule has 0 atom stereocenters. The molecule has 1 amide bonds. The molecule has 0 bridgehead atoms. The predicted molar refractivity (Wildman–Crippen MR) is 100 cm³/mol. The highest BCUT2D eigenvalue weighted by Gasteiger charge is 2.11. The Bertz CT molecular complexity index is 828. The van der Waals surface area contributed by atoms with Crippen LogP contribution in [0, 0.1) is 20.8 Å². The third kappa shape index (κ3) is 5.77. The van der Waals surface area contributed by atoms with Gasteiger partial charge in [-0.15, -0.1) is 0 Å². The Labute approximate surface area is 157 Å². The summed E-state index contributed by atoms with van der Waals surface area (Å²) in [6, 6.07) is 6.37. The normalized spacial score (nSPS) is 11.1. The van der Waals surface area contributed by atoms with E-state index in [9.17, 15) is 13.6 Å². The number of amides is 1. The summed E-state index contributed by atoms with van der Waals surface area (Å²) >= 11 is 0. The molecule has 1 heterocycles. The Morgan fingerprint density at radius 1 is 1.22 bits per heavy atom. The van der Waals surface area contributed by atoms with Crippen LogP contribution in [0.15, 0.2) is 30.3 Å². The molecule has 5 nitrogen and oxygen atoms in total. The molecule has 27 heavy (non-hydrogen) atoms. The van der Waals surface area contributed by atoms with E-state index in [4.69, 9.17) is 4.74 Å². The number of aryl methyl sites for hydroxylation is 3. The van der Waals surface area contributed by atoms with Gasteiger partial charge in [-0.2, -0.15) is 8.78 Å². The summed E-state index contributed by atoms with van der Waals surface area (Å²) in [4.78, 5) is 16.6. The summed E-state index contributed by atoms with van der Waals surface area (Å²) in [6.07, 6.45) is 2.92. The van der Waals surface area contributed by atoms with E-state index in [2.05, 4.69) is 15.0 Å². The molecule has 1 N–H and O–H groups in total. The molecule has 0 spiro atoms. The van der Waals surface area contributed by atoms with Crippen molar-refractivity contribution in [1.82, 2.24) is 4.98 Å². The van der Waals surface area contributed by atoms with Crippen molar-refractivity contribution in [1.29, 1.82) is 0 Å². The van der Waals surface area contributed by atoms with Crippen LogP contribution in [-0.2, 0) is 4.79 Å². The number of anilines is 1. The fraction of sp³-hybridized carbons (Fsp3) is 0.300. The standard InChI is InChI=1S/C20H22F2N2O3/c1-5-26-17-11-15(6-8-16(17)27-20(21)22)7-9-18(25)24-19-12(2)10-13(3)23-14(19)4/h6-11,20H,5H2,1-4H3,(H,24,25)/b9-7+. The predicted octanol–water partition coefficient (Wildman–Crippen LogP) is 4.66. The molecule has 0 aliphatic heterocycles. The Morgan fingerprint density at radius 3 is 2.59 bits per heavy atom. The Balaban J connectivity index is 2.15. The van der Waals surface area contributed by atoms with E-state index in [0.29, 0.717) is 17.9 Å². The molecular formula is C20H22F2N2O3. The molecule has 0 aliphatic rings. The number of aromatic nitrogens is 1. The summed E-state index contributed by atoms with van der Waals surface area (Å²) in [7, 11) is 0. The van der Waals surface area contributed by atoms with Gasteiger partial charge in [-0.1, -0.05) is 6.07 Å². The van der Waals surface area contributed by atoms with Crippen LogP contribution >= 0.6 is 0 Å². The largest absolute Gasteiger partial charge is 0.490 e. The van der Waals surface area contributed by atoms with Crippen molar-refractivity contribution >= 4 is 17.7 Å². The molecule has 2 rings (SSSR count). The van der Waals surface area contributed by atoms with Crippen molar-refractivity contribution in [3.05, 3.63) is 52.9 Å². The highest BCUT2D eigenvalue weighted by molar-refractivity contribution is 6.02. The van der Waals surface area contributed by atoms with Crippen LogP contribution in [0.4, 0.5) is 14.5 Å². The zero-order valence-electron chi connectivity index (χ0n) is 15.7. The average molecular weight is 376 g/mol. The van der Waals surface area contributed by atoms with E-state index in [1.807, 2.05) is 26.8 Å². The van der Waals surface area contributed by atoms with E-state index < -0.39 is 6.61 Å². The smallest absolute Gasteiger partial charge is 0.387 e. The molecule has 1 aromatic carbocycles. The van der Waals surface area contributed by atoms with Crippen LogP contribution in [-0.4, -0.2) is 24.1 Å². The molecule has 2 aromatic rings. The molecule has 0 radical (unpaired) electrons. The second-order valence-electron chi connectivity index (χ2n) is 5.88. The molecule has 7 heteroatoms. The molecule has 0 aliphatic carbocycles. The number of hydrogen-bond donors (Lipinski definition) is 1. The summed E-state index contributed by atoms with van der Waals surface area (Å²) in [5.41, 5.74) is 3.83. The van der Waals surface area contributed by atoms with Crippen molar-refractivity contribution in [3.8, 4) is 11.5 Å². The lowest BCUT2D eigenvalue weighted by Gasteiger charge is -2.12. The van der Waals surface area contributed by atoms with Crippen molar-refractivity contribution in [2.75, 3.05) is 11.9 Å². The van der Waals surface area contributed by atoms with Gasteiger partial charge in [0.1, 0.15) is 0 Å². The SMILES string of the molecule is CCOc1cc(/C=C/C(=O)Nc2c(C)cc(C)nc2C)ccc1OC(F)F. The van der Waals surface area contributed by atoms with Crippen LogP contribution in [0.2, 0.25) is 0 Å². The van der Waals surface area contributed by atoms with E-state index in [0.717, 1.165) is 17.0 Å². The maximum atomic E-state index is 12.4. The number of pyridine rings is 1. The second kappa shape index (κ2) is 9.12. The number of carbonyl (C=O) groups excluding carboxylic acids is 1. The van der Waals surface area contributed by atoms with Crippen LogP contribution in [0.3, 0.4) is 0 Å². The number of halogens is 2. The first-order valence-corrected chi connectivity index (χ1v) is 8.45. The van der Waals surface area contributed by atoms with Gasteiger partial charge >= 0.3 is 6.61 Å². The highest BCUT2D eigenvalue weighted by atomic mass is 19.3. The zero-order valence-corrected chi connectivity index (χ0v) is 15.7. The summed E-state index contributed by atoms with van der Waals surface area (Å²) in [5, 5.41) is 2.81. The maximum Gasteiger partial charge on any atom is 0.387 e. The molecule has 1 aromatic heterocycles. The molecule has 0 saturated heterocycles. The number of carbonyl (C=O) groups is 1. The van der Waals surface area contributed by atoms with Gasteiger partial charge in [-0.05, 0) is 63.1 Å². The fourth-order valence-corrected chi connectivity index (χ4v) is 2.64. The van der Waals surface area contributed by atoms with Crippen LogP contribution in [0.1, 0.15) is 29.4 Å². The fourth-order valence-electron chi connectivity index (χ4n) is 2.64. The Hall–Kier alpha value is -2.96. The lowest BCUT2D eigenvalue weighted by Crippen LogP contribution is -2.11. The maximum absolute atomic E-state index is 12.4. The van der Waals surface area contributed by atoms with E-state index in [-0.39, 0.29) is 17.4 Å². The number of ether oxygens (including phenoxy) is 2. The van der Waals surface area contributed by atoms with Crippen molar-refractivity contribution < 1.29 is 23.0 Å². The van der Waals surface area contributed by atoms with Gasteiger partial charge < -0.3 is 14.8 Å². The third-order valence-electron chi connectivity index (χ3n) is 3.68. The minimum Gasteiger partial charge on any atom is -0.490 e. The topological polar surface area (TPSA) is 60.5 Å². The number of nitrogens with zero attached hydrogens (tertiary/aromatic N) is 1. The first kappa shape index (κ1) is 20.4. The van der Waals surface area contributed by atoms with Gasteiger partial charge in [0.25, 0.3) is 0 Å². The van der Waals surface area contributed by atoms with Crippen molar-refractivity contribution in [2.24, 2.45) is 0 Å². The summed E-state index contributed by atoms with van der Waals surface area (Å²) < 4.78 is 34.6. The molecule has 0 fully saturated rings. The van der Waals surface area contributed by atoms with Crippen molar-refractivity contribution in [3.63, 3.8) is 0 Å². The van der Waals surface area contributed by atoms with Gasteiger partial charge in [0.2, 0.25) is 5.91 Å². The van der Waals surface area contributed by atoms with Crippen LogP contribution in [0.25, 0.3) is 6.08 Å². The van der Waals surface area contributed by atoms with Crippen LogP contribution in [0.5, 0.6) is 11.5 Å². The summed E-state index contributed by atoms with van der Waals surface area (Å²) in [6.45, 7) is 4.72.